The number of hydrogen-bond donors (Lipinski definition) is 1. The average Bonchev–Trinajstić information content (AvgIpc) is 2.38. The van der Waals surface area contributed by atoms with Crippen LogP contribution in [0.2, 0.25) is 0 Å². The molecule has 102 valence electrons. The molecule has 4 heteroatoms. The van der Waals surface area contributed by atoms with Gasteiger partial charge in [-0.3, -0.25) is 0 Å². The second-order valence-electron chi connectivity index (χ2n) is 4.51. The predicted molar refractivity (Wildman–Crippen MR) is 74.4 cm³/mol. The summed E-state index contributed by atoms with van der Waals surface area (Å²) in [6.07, 6.45) is 0.969. The minimum atomic E-state index is 0.451. The van der Waals surface area contributed by atoms with Crippen LogP contribution in [0.4, 0.5) is 0 Å². The second kappa shape index (κ2) is 7.24. The number of likely N-dealkylation sites (N-methyl/N-ethyl adjacent to an activating group) is 1. The third kappa shape index (κ3) is 3.89. The van der Waals surface area contributed by atoms with E-state index in [-0.39, 0.29) is 0 Å². The van der Waals surface area contributed by atoms with Gasteiger partial charge in [-0.15, -0.1) is 0 Å². The summed E-state index contributed by atoms with van der Waals surface area (Å²) in [5.74, 6) is 1.55. The fourth-order valence-corrected chi connectivity index (χ4v) is 1.93. The molecule has 0 aliphatic rings. The van der Waals surface area contributed by atoms with Crippen LogP contribution in [-0.4, -0.2) is 45.3 Å². The Hall–Kier alpha value is -1.26. The molecule has 0 aliphatic carbocycles. The molecule has 0 amide bonds. The first-order valence-corrected chi connectivity index (χ1v) is 6.23. The van der Waals surface area contributed by atoms with Crippen molar-refractivity contribution in [2.24, 2.45) is 5.73 Å². The second-order valence-corrected chi connectivity index (χ2v) is 4.51. The van der Waals surface area contributed by atoms with E-state index in [1.165, 1.54) is 5.56 Å². The smallest absolute Gasteiger partial charge is 0.160 e. The summed E-state index contributed by atoms with van der Waals surface area (Å²) >= 11 is 0. The quantitative estimate of drug-likeness (QED) is 0.799. The van der Waals surface area contributed by atoms with E-state index in [0.717, 1.165) is 24.5 Å². The lowest BCUT2D eigenvalue weighted by molar-refractivity contribution is 0.263. The molecule has 1 rings (SSSR count). The predicted octanol–water partition coefficient (Wildman–Crippen LogP) is 1.53. The Morgan fingerprint density at radius 3 is 2.44 bits per heavy atom. The molecule has 1 atom stereocenters. The first-order chi connectivity index (χ1) is 8.62. The summed E-state index contributed by atoms with van der Waals surface area (Å²) in [5, 5.41) is 0. The average molecular weight is 252 g/mol. The van der Waals surface area contributed by atoms with Gasteiger partial charge in [0.05, 0.1) is 14.2 Å². The van der Waals surface area contributed by atoms with Crippen LogP contribution in [0.25, 0.3) is 0 Å². The molecule has 0 radical (unpaired) electrons. The van der Waals surface area contributed by atoms with Gasteiger partial charge in [-0.05, 0) is 38.1 Å². The van der Waals surface area contributed by atoms with Gasteiger partial charge in [-0.1, -0.05) is 6.07 Å². The molecule has 4 nitrogen and oxygen atoms in total. The van der Waals surface area contributed by atoms with Crippen LogP contribution < -0.4 is 15.2 Å². The molecule has 1 aromatic carbocycles. The number of nitrogens with zero attached hydrogens (tertiary/aromatic N) is 1. The summed E-state index contributed by atoms with van der Waals surface area (Å²) in [7, 11) is 5.40. The SMILES string of the molecule is COc1ccc(CC(C)N(C)CCN)cc1OC. The highest BCUT2D eigenvalue weighted by Gasteiger charge is 2.11. The minimum Gasteiger partial charge on any atom is -0.493 e. The zero-order valence-electron chi connectivity index (χ0n) is 11.8. The van der Waals surface area contributed by atoms with Crippen LogP contribution in [-0.2, 0) is 6.42 Å². The van der Waals surface area contributed by atoms with Crippen molar-refractivity contribution in [3.05, 3.63) is 23.8 Å². The van der Waals surface area contributed by atoms with Crippen molar-refractivity contribution in [1.29, 1.82) is 0 Å². The van der Waals surface area contributed by atoms with Gasteiger partial charge in [0, 0.05) is 19.1 Å². The van der Waals surface area contributed by atoms with Crippen LogP contribution in [0.3, 0.4) is 0 Å². The maximum atomic E-state index is 5.57. The fraction of sp³-hybridized carbons (Fsp3) is 0.571. The number of hydrogen-bond acceptors (Lipinski definition) is 4. The summed E-state index contributed by atoms with van der Waals surface area (Å²) in [4.78, 5) is 2.26. The van der Waals surface area contributed by atoms with Crippen molar-refractivity contribution in [1.82, 2.24) is 4.90 Å². The fourth-order valence-electron chi connectivity index (χ4n) is 1.93. The lowest BCUT2D eigenvalue weighted by Gasteiger charge is -2.24. The molecule has 0 bridgehead atoms. The normalized spacial score (nSPS) is 12.6. The van der Waals surface area contributed by atoms with Gasteiger partial charge < -0.3 is 20.1 Å². The highest BCUT2D eigenvalue weighted by atomic mass is 16.5. The number of rotatable bonds is 7. The molecule has 0 aliphatic heterocycles. The van der Waals surface area contributed by atoms with Gasteiger partial charge in [-0.25, -0.2) is 0 Å². The van der Waals surface area contributed by atoms with Crippen molar-refractivity contribution >= 4 is 0 Å². The summed E-state index contributed by atoms with van der Waals surface area (Å²) in [6.45, 7) is 3.80. The maximum Gasteiger partial charge on any atom is 0.160 e. The van der Waals surface area contributed by atoms with Gasteiger partial charge in [0.15, 0.2) is 11.5 Å². The Morgan fingerprint density at radius 2 is 1.89 bits per heavy atom. The number of ether oxygens (including phenoxy) is 2. The molecule has 0 fully saturated rings. The van der Waals surface area contributed by atoms with Crippen molar-refractivity contribution < 1.29 is 9.47 Å². The Morgan fingerprint density at radius 1 is 1.22 bits per heavy atom. The standard InChI is InChI=1S/C14H24N2O2/c1-11(16(2)8-7-15)9-12-5-6-13(17-3)14(10-12)18-4/h5-6,10-11H,7-9,15H2,1-4H3. The van der Waals surface area contributed by atoms with Crippen LogP contribution in [0, 0.1) is 0 Å². The number of methoxy groups -OCH3 is 2. The third-order valence-electron chi connectivity index (χ3n) is 3.21. The monoisotopic (exact) mass is 252 g/mol. The molecular weight excluding hydrogens is 228 g/mol. The lowest BCUT2D eigenvalue weighted by atomic mass is 10.1. The van der Waals surface area contributed by atoms with Crippen LogP contribution >= 0.6 is 0 Å². The van der Waals surface area contributed by atoms with Crippen molar-refractivity contribution in [2.45, 2.75) is 19.4 Å². The maximum absolute atomic E-state index is 5.57. The number of benzene rings is 1. The highest BCUT2D eigenvalue weighted by Crippen LogP contribution is 2.28. The van der Waals surface area contributed by atoms with Gasteiger partial charge in [0.2, 0.25) is 0 Å². The van der Waals surface area contributed by atoms with E-state index >= 15 is 0 Å². The molecule has 0 spiro atoms. The molecule has 18 heavy (non-hydrogen) atoms. The Kier molecular flexibility index (Phi) is 5.95. The van der Waals surface area contributed by atoms with Crippen molar-refractivity contribution in [2.75, 3.05) is 34.4 Å². The molecule has 0 saturated heterocycles. The molecular formula is C14H24N2O2. The third-order valence-corrected chi connectivity index (χ3v) is 3.21. The van der Waals surface area contributed by atoms with Gasteiger partial charge in [0.25, 0.3) is 0 Å². The zero-order chi connectivity index (χ0) is 13.5. The Bertz CT molecular complexity index is 369. The first-order valence-electron chi connectivity index (χ1n) is 6.23. The summed E-state index contributed by atoms with van der Waals surface area (Å²) < 4.78 is 10.5. The highest BCUT2D eigenvalue weighted by molar-refractivity contribution is 5.43. The largest absolute Gasteiger partial charge is 0.493 e. The van der Waals surface area contributed by atoms with Crippen molar-refractivity contribution in [3.8, 4) is 11.5 Å². The van der Waals surface area contributed by atoms with E-state index in [0.29, 0.717) is 12.6 Å². The zero-order valence-corrected chi connectivity index (χ0v) is 11.8. The van der Waals surface area contributed by atoms with Crippen molar-refractivity contribution in [3.63, 3.8) is 0 Å². The molecule has 1 aromatic rings. The molecule has 0 saturated carbocycles. The first kappa shape index (κ1) is 14.8. The van der Waals surface area contributed by atoms with E-state index in [9.17, 15) is 0 Å². The van der Waals surface area contributed by atoms with Crippen LogP contribution in [0.15, 0.2) is 18.2 Å². The van der Waals surface area contributed by atoms with E-state index in [1.54, 1.807) is 14.2 Å². The van der Waals surface area contributed by atoms with E-state index < -0.39 is 0 Å². The van der Waals surface area contributed by atoms with Gasteiger partial charge in [-0.2, -0.15) is 0 Å². The van der Waals surface area contributed by atoms with Crippen LogP contribution in [0.1, 0.15) is 12.5 Å². The topological polar surface area (TPSA) is 47.7 Å². The molecule has 2 N–H and O–H groups in total. The lowest BCUT2D eigenvalue weighted by Crippen LogP contribution is -2.34. The van der Waals surface area contributed by atoms with Gasteiger partial charge >= 0.3 is 0 Å². The number of nitrogens with two attached hydrogens (primary N) is 1. The van der Waals surface area contributed by atoms with E-state index in [4.69, 9.17) is 15.2 Å². The molecule has 1 unspecified atom stereocenters. The Labute approximate surface area is 110 Å². The Balaban J connectivity index is 2.72. The summed E-state index contributed by atoms with van der Waals surface area (Å²) in [5.41, 5.74) is 6.81. The minimum absolute atomic E-state index is 0.451. The van der Waals surface area contributed by atoms with Gasteiger partial charge in [0.1, 0.15) is 0 Å². The van der Waals surface area contributed by atoms with Crippen LogP contribution in [0.5, 0.6) is 11.5 Å². The summed E-state index contributed by atoms with van der Waals surface area (Å²) in [6, 6.07) is 6.51. The van der Waals surface area contributed by atoms with E-state index in [2.05, 4.69) is 24.9 Å². The van der Waals surface area contributed by atoms with E-state index in [1.807, 2.05) is 12.1 Å². The molecule has 0 aromatic heterocycles. The molecule has 0 heterocycles.